The number of benzene rings is 2. The van der Waals surface area contributed by atoms with Crippen LogP contribution in [0.15, 0.2) is 36.4 Å². The molecule has 0 aliphatic heterocycles. The second-order valence-electron chi connectivity index (χ2n) is 4.34. The molecule has 1 atom stereocenters. The van der Waals surface area contributed by atoms with Crippen LogP contribution in [0.4, 0.5) is 8.78 Å². The summed E-state index contributed by atoms with van der Waals surface area (Å²) < 4.78 is 26.2. The van der Waals surface area contributed by atoms with Crippen molar-refractivity contribution in [2.75, 3.05) is 0 Å². The summed E-state index contributed by atoms with van der Waals surface area (Å²) in [6.07, 6.45) is 0. The Morgan fingerprint density at radius 2 is 1.56 bits per heavy atom. The van der Waals surface area contributed by atoms with E-state index >= 15 is 0 Å². The lowest BCUT2D eigenvalue weighted by atomic mass is 9.96. The van der Waals surface area contributed by atoms with E-state index in [0.717, 1.165) is 22.8 Å². The monoisotopic (exact) mass is 310 g/mol. The highest BCUT2D eigenvalue weighted by molar-refractivity contribution is 9.09. The van der Waals surface area contributed by atoms with Gasteiger partial charge in [-0.2, -0.15) is 0 Å². The van der Waals surface area contributed by atoms with Crippen LogP contribution >= 0.6 is 15.9 Å². The van der Waals surface area contributed by atoms with Crippen molar-refractivity contribution >= 4 is 15.9 Å². The number of aryl methyl sites for hydroxylation is 2. The molecule has 0 fully saturated rings. The van der Waals surface area contributed by atoms with Gasteiger partial charge < -0.3 is 0 Å². The van der Waals surface area contributed by atoms with Crippen molar-refractivity contribution < 1.29 is 8.78 Å². The van der Waals surface area contributed by atoms with Crippen LogP contribution in [0.3, 0.4) is 0 Å². The second kappa shape index (κ2) is 5.19. The number of hydrogen-bond acceptors (Lipinski definition) is 0. The molecule has 0 saturated heterocycles. The SMILES string of the molecule is Cc1cccc(C)c1C(Br)c1ccc(F)c(F)c1. The highest BCUT2D eigenvalue weighted by Crippen LogP contribution is 2.35. The maximum atomic E-state index is 13.3. The summed E-state index contributed by atoms with van der Waals surface area (Å²) in [5, 5.41) is 0. The van der Waals surface area contributed by atoms with Gasteiger partial charge in [-0.3, -0.25) is 0 Å². The maximum absolute atomic E-state index is 13.3. The molecule has 0 N–H and O–H groups in total. The molecular formula is C15H13BrF2. The van der Waals surface area contributed by atoms with Gasteiger partial charge in [-0.15, -0.1) is 0 Å². The normalized spacial score (nSPS) is 12.5. The molecule has 0 amide bonds. The van der Waals surface area contributed by atoms with E-state index in [9.17, 15) is 8.78 Å². The first-order valence-corrected chi connectivity index (χ1v) is 6.57. The van der Waals surface area contributed by atoms with E-state index in [4.69, 9.17) is 0 Å². The Kier molecular flexibility index (Phi) is 3.81. The van der Waals surface area contributed by atoms with Gasteiger partial charge in [-0.1, -0.05) is 40.2 Å². The zero-order valence-electron chi connectivity index (χ0n) is 10.2. The van der Waals surface area contributed by atoms with Gasteiger partial charge in [0.15, 0.2) is 11.6 Å². The quantitative estimate of drug-likeness (QED) is 0.680. The summed E-state index contributed by atoms with van der Waals surface area (Å²) in [5.41, 5.74) is 4.07. The highest BCUT2D eigenvalue weighted by atomic mass is 79.9. The molecule has 2 aromatic carbocycles. The lowest BCUT2D eigenvalue weighted by Gasteiger charge is -2.16. The van der Waals surface area contributed by atoms with Gasteiger partial charge in [0.05, 0.1) is 4.83 Å². The lowest BCUT2D eigenvalue weighted by molar-refractivity contribution is 0.507. The molecule has 0 aliphatic carbocycles. The fourth-order valence-corrected chi connectivity index (χ4v) is 3.07. The molecule has 0 spiro atoms. The number of alkyl halides is 1. The van der Waals surface area contributed by atoms with Gasteiger partial charge in [0.2, 0.25) is 0 Å². The van der Waals surface area contributed by atoms with E-state index in [2.05, 4.69) is 15.9 Å². The average molecular weight is 311 g/mol. The minimum Gasteiger partial charge on any atom is -0.204 e. The molecule has 0 aliphatic rings. The van der Waals surface area contributed by atoms with E-state index in [1.807, 2.05) is 32.0 Å². The van der Waals surface area contributed by atoms with Crippen LogP contribution < -0.4 is 0 Å². The van der Waals surface area contributed by atoms with Crippen LogP contribution in [0, 0.1) is 25.5 Å². The van der Waals surface area contributed by atoms with Crippen molar-refractivity contribution in [1.82, 2.24) is 0 Å². The van der Waals surface area contributed by atoms with E-state index in [-0.39, 0.29) is 4.83 Å². The summed E-state index contributed by atoms with van der Waals surface area (Å²) in [4.78, 5) is -0.131. The van der Waals surface area contributed by atoms with Gasteiger partial charge in [0.1, 0.15) is 0 Å². The van der Waals surface area contributed by atoms with Gasteiger partial charge >= 0.3 is 0 Å². The summed E-state index contributed by atoms with van der Waals surface area (Å²) >= 11 is 3.57. The first kappa shape index (κ1) is 13.2. The molecule has 0 heterocycles. The molecule has 1 unspecified atom stereocenters. The van der Waals surface area contributed by atoms with Crippen molar-refractivity contribution in [3.05, 3.63) is 70.3 Å². The van der Waals surface area contributed by atoms with E-state index in [1.54, 1.807) is 6.07 Å². The number of halogens is 3. The molecule has 18 heavy (non-hydrogen) atoms. The zero-order valence-corrected chi connectivity index (χ0v) is 11.8. The minimum atomic E-state index is -0.819. The number of hydrogen-bond donors (Lipinski definition) is 0. The topological polar surface area (TPSA) is 0 Å². The van der Waals surface area contributed by atoms with E-state index in [0.29, 0.717) is 5.56 Å². The Morgan fingerprint density at radius 1 is 0.944 bits per heavy atom. The second-order valence-corrected chi connectivity index (χ2v) is 5.26. The molecular weight excluding hydrogens is 298 g/mol. The summed E-state index contributed by atoms with van der Waals surface area (Å²) in [7, 11) is 0. The Morgan fingerprint density at radius 3 is 2.11 bits per heavy atom. The third-order valence-electron chi connectivity index (χ3n) is 3.03. The van der Waals surface area contributed by atoms with Crippen molar-refractivity contribution in [2.45, 2.75) is 18.7 Å². The van der Waals surface area contributed by atoms with Gasteiger partial charge in [-0.05, 0) is 48.2 Å². The van der Waals surface area contributed by atoms with Crippen LogP contribution in [-0.4, -0.2) is 0 Å². The maximum Gasteiger partial charge on any atom is 0.159 e. The van der Waals surface area contributed by atoms with Crippen LogP contribution in [0.2, 0.25) is 0 Å². The van der Waals surface area contributed by atoms with Crippen LogP contribution in [-0.2, 0) is 0 Å². The van der Waals surface area contributed by atoms with Gasteiger partial charge in [0, 0.05) is 0 Å². The molecule has 0 bridgehead atoms. The van der Waals surface area contributed by atoms with Crippen LogP contribution in [0.5, 0.6) is 0 Å². The van der Waals surface area contributed by atoms with Gasteiger partial charge in [0.25, 0.3) is 0 Å². The lowest BCUT2D eigenvalue weighted by Crippen LogP contribution is -2.00. The minimum absolute atomic E-state index is 0.131. The first-order valence-electron chi connectivity index (χ1n) is 5.66. The first-order chi connectivity index (χ1) is 8.50. The Bertz CT molecular complexity index is 558. The van der Waals surface area contributed by atoms with Gasteiger partial charge in [-0.25, -0.2) is 8.78 Å². The number of rotatable bonds is 2. The fraction of sp³-hybridized carbons (Fsp3) is 0.200. The average Bonchev–Trinajstić information content (AvgIpc) is 2.32. The van der Waals surface area contributed by atoms with Crippen molar-refractivity contribution in [3.8, 4) is 0 Å². The molecule has 94 valence electrons. The zero-order chi connectivity index (χ0) is 13.3. The molecule has 2 aromatic rings. The smallest absolute Gasteiger partial charge is 0.159 e. The molecule has 2 rings (SSSR count). The Balaban J connectivity index is 2.48. The molecule has 3 heteroatoms. The van der Waals surface area contributed by atoms with Crippen molar-refractivity contribution in [1.29, 1.82) is 0 Å². The highest BCUT2D eigenvalue weighted by Gasteiger charge is 2.16. The van der Waals surface area contributed by atoms with Crippen LogP contribution in [0.25, 0.3) is 0 Å². The van der Waals surface area contributed by atoms with Crippen molar-refractivity contribution in [2.24, 2.45) is 0 Å². The predicted molar refractivity (Wildman–Crippen MR) is 73.0 cm³/mol. The summed E-state index contributed by atoms with van der Waals surface area (Å²) in [6, 6.07) is 10.0. The van der Waals surface area contributed by atoms with E-state index in [1.165, 1.54) is 6.07 Å². The standard InChI is InChI=1S/C15H13BrF2/c1-9-4-3-5-10(2)14(9)15(16)11-6-7-12(17)13(18)8-11/h3-8,15H,1-2H3. The molecule has 0 nitrogen and oxygen atoms in total. The van der Waals surface area contributed by atoms with Crippen LogP contribution in [0.1, 0.15) is 27.1 Å². The summed E-state index contributed by atoms with van der Waals surface area (Å²) in [6.45, 7) is 4.02. The Hall–Kier alpha value is -1.22. The van der Waals surface area contributed by atoms with Crippen molar-refractivity contribution in [3.63, 3.8) is 0 Å². The molecule has 0 aromatic heterocycles. The molecule has 0 radical (unpaired) electrons. The van der Waals surface area contributed by atoms with E-state index < -0.39 is 11.6 Å². The third kappa shape index (κ3) is 2.46. The third-order valence-corrected chi connectivity index (χ3v) is 4.02. The predicted octanol–water partition coefficient (Wildman–Crippen LogP) is 5.07. The fourth-order valence-electron chi connectivity index (χ4n) is 2.06. The molecule has 0 saturated carbocycles. The Labute approximate surface area is 114 Å². The summed E-state index contributed by atoms with van der Waals surface area (Å²) in [5.74, 6) is -1.64. The largest absolute Gasteiger partial charge is 0.204 e.